The summed E-state index contributed by atoms with van der Waals surface area (Å²) in [6.45, 7) is 1.70. The van der Waals surface area contributed by atoms with Crippen molar-refractivity contribution in [3.8, 4) is 0 Å². The van der Waals surface area contributed by atoms with Gasteiger partial charge in [0.1, 0.15) is 0 Å². The molecule has 0 aromatic heterocycles. The highest BCUT2D eigenvalue weighted by Crippen LogP contribution is 2.11. The molecule has 0 aliphatic carbocycles. The predicted octanol–water partition coefficient (Wildman–Crippen LogP) is 3.43. The summed E-state index contributed by atoms with van der Waals surface area (Å²) in [5, 5.41) is 6.74. The molecule has 0 unspecified atom stereocenters. The Morgan fingerprint density at radius 3 is 2.39 bits per heavy atom. The Bertz CT molecular complexity index is 730. The molecule has 2 amide bonds. The standard InChI is InChI=1S/C17H16IN3O2/c1-12(11-16(22)19-13-7-3-2-4-8-13)20-21-17(23)14-9-5-6-10-15(14)18/h2-10H,11H2,1H3,(H,19,22)(H,21,23). The van der Waals surface area contributed by atoms with E-state index in [0.29, 0.717) is 11.3 Å². The van der Waals surface area contributed by atoms with Gasteiger partial charge in [0.25, 0.3) is 5.91 Å². The number of hydrogen-bond acceptors (Lipinski definition) is 3. The van der Waals surface area contributed by atoms with E-state index < -0.39 is 0 Å². The molecule has 2 aromatic carbocycles. The molecule has 5 nitrogen and oxygen atoms in total. The summed E-state index contributed by atoms with van der Waals surface area (Å²) in [6.07, 6.45) is 0.112. The molecule has 2 rings (SSSR count). The van der Waals surface area contributed by atoms with E-state index in [9.17, 15) is 9.59 Å². The van der Waals surface area contributed by atoms with E-state index in [1.54, 1.807) is 19.1 Å². The van der Waals surface area contributed by atoms with E-state index in [1.165, 1.54) is 0 Å². The van der Waals surface area contributed by atoms with E-state index in [4.69, 9.17) is 0 Å². The molecule has 2 N–H and O–H groups in total. The third-order valence-corrected chi connectivity index (χ3v) is 3.88. The lowest BCUT2D eigenvalue weighted by Gasteiger charge is -2.06. The minimum absolute atomic E-state index is 0.112. The molecule has 0 saturated carbocycles. The summed E-state index contributed by atoms with van der Waals surface area (Å²) in [5.74, 6) is -0.473. The first kappa shape index (κ1) is 17.1. The van der Waals surface area contributed by atoms with Crippen LogP contribution in [0.5, 0.6) is 0 Å². The number of hydrogen-bond donors (Lipinski definition) is 2. The van der Waals surface area contributed by atoms with Gasteiger partial charge in [0, 0.05) is 15.0 Å². The maximum absolute atomic E-state index is 12.0. The second kappa shape index (κ2) is 8.42. The van der Waals surface area contributed by atoms with Gasteiger partial charge < -0.3 is 5.32 Å². The minimum atomic E-state index is -0.294. The van der Waals surface area contributed by atoms with E-state index in [-0.39, 0.29) is 18.2 Å². The zero-order valence-electron chi connectivity index (χ0n) is 12.5. The summed E-state index contributed by atoms with van der Waals surface area (Å²) in [7, 11) is 0. The Morgan fingerprint density at radius 1 is 1.04 bits per heavy atom. The maximum atomic E-state index is 12.0. The second-order valence-corrected chi connectivity index (χ2v) is 6.02. The molecule has 0 aliphatic heterocycles. The van der Waals surface area contributed by atoms with Crippen molar-refractivity contribution in [2.45, 2.75) is 13.3 Å². The van der Waals surface area contributed by atoms with Gasteiger partial charge in [-0.3, -0.25) is 9.59 Å². The number of hydrazone groups is 1. The van der Waals surface area contributed by atoms with Crippen molar-refractivity contribution < 1.29 is 9.59 Å². The molecule has 2 aromatic rings. The normalized spacial score (nSPS) is 11.0. The first-order valence-electron chi connectivity index (χ1n) is 6.99. The number of carbonyl (C=O) groups excluding carboxylic acids is 2. The number of nitrogens with one attached hydrogen (secondary N) is 2. The number of anilines is 1. The quantitative estimate of drug-likeness (QED) is 0.441. The fraction of sp³-hybridized carbons (Fsp3) is 0.118. The zero-order valence-corrected chi connectivity index (χ0v) is 14.7. The Morgan fingerprint density at radius 2 is 1.70 bits per heavy atom. The summed E-state index contributed by atoms with van der Waals surface area (Å²) in [6, 6.07) is 16.4. The van der Waals surface area contributed by atoms with Gasteiger partial charge in [-0.1, -0.05) is 30.3 Å². The Hall–Kier alpha value is -2.22. The SMILES string of the molecule is CC(CC(=O)Nc1ccccc1)=NNC(=O)c1ccccc1I. The van der Waals surface area contributed by atoms with Crippen molar-refractivity contribution in [1.29, 1.82) is 0 Å². The summed E-state index contributed by atoms with van der Waals surface area (Å²) < 4.78 is 0.845. The first-order chi connectivity index (χ1) is 11.1. The Kier molecular flexibility index (Phi) is 6.28. The number of carbonyl (C=O) groups is 2. The fourth-order valence-electron chi connectivity index (χ4n) is 1.85. The van der Waals surface area contributed by atoms with Gasteiger partial charge in [-0.05, 0) is 53.8 Å². The summed E-state index contributed by atoms with van der Waals surface area (Å²) in [5.41, 5.74) is 4.28. The summed E-state index contributed by atoms with van der Waals surface area (Å²) >= 11 is 2.09. The van der Waals surface area contributed by atoms with Gasteiger partial charge in [0.2, 0.25) is 5.91 Å². The van der Waals surface area contributed by atoms with Gasteiger partial charge in [0.15, 0.2) is 0 Å². The molecule has 0 heterocycles. The van der Waals surface area contributed by atoms with Gasteiger partial charge >= 0.3 is 0 Å². The van der Waals surface area contributed by atoms with Crippen molar-refractivity contribution in [3.05, 3.63) is 63.7 Å². The van der Waals surface area contributed by atoms with Crippen LogP contribution < -0.4 is 10.7 Å². The lowest BCUT2D eigenvalue weighted by molar-refractivity contribution is -0.115. The van der Waals surface area contributed by atoms with Gasteiger partial charge in [-0.15, -0.1) is 0 Å². The molecule has 0 fully saturated rings. The second-order valence-electron chi connectivity index (χ2n) is 4.86. The molecule has 118 valence electrons. The molecule has 0 spiro atoms. The third-order valence-electron chi connectivity index (χ3n) is 2.94. The molecule has 0 radical (unpaired) electrons. The van der Waals surface area contributed by atoms with Crippen LogP contribution in [-0.2, 0) is 4.79 Å². The summed E-state index contributed by atoms with van der Waals surface area (Å²) in [4.78, 5) is 23.9. The van der Waals surface area contributed by atoms with Gasteiger partial charge in [-0.25, -0.2) is 5.43 Å². The first-order valence-corrected chi connectivity index (χ1v) is 8.07. The Balaban J connectivity index is 1.89. The lowest BCUT2D eigenvalue weighted by Crippen LogP contribution is -2.22. The molecule has 0 aliphatic rings. The highest BCUT2D eigenvalue weighted by Gasteiger charge is 2.09. The molecule has 0 atom stereocenters. The van der Waals surface area contributed by atoms with Crippen LogP contribution in [0.3, 0.4) is 0 Å². The van der Waals surface area contributed by atoms with Crippen molar-refractivity contribution in [3.63, 3.8) is 0 Å². The minimum Gasteiger partial charge on any atom is -0.326 e. The number of nitrogens with zero attached hydrogens (tertiary/aromatic N) is 1. The van der Waals surface area contributed by atoms with Crippen LogP contribution in [0.25, 0.3) is 0 Å². The molecular formula is C17H16IN3O2. The molecule has 0 saturated heterocycles. The van der Waals surface area contributed by atoms with Crippen LogP contribution in [0.2, 0.25) is 0 Å². The topological polar surface area (TPSA) is 70.6 Å². The molecule has 0 bridgehead atoms. The number of halogens is 1. The fourth-order valence-corrected chi connectivity index (χ4v) is 2.48. The van der Waals surface area contributed by atoms with Crippen LogP contribution in [0.15, 0.2) is 59.7 Å². The van der Waals surface area contributed by atoms with Crippen molar-refractivity contribution in [2.75, 3.05) is 5.32 Å². The van der Waals surface area contributed by atoms with Crippen molar-refractivity contribution >= 4 is 45.8 Å². The van der Waals surface area contributed by atoms with Crippen LogP contribution in [0.4, 0.5) is 5.69 Å². The highest BCUT2D eigenvalue weighted by atomic mass is 127. The van der Waals surface area contributed by atoms with E-state index in [0.717, 1.165) is 9.26 Å². The highest BCUT2D eigenvalue weighted by molar-refractivity contribution is 14.1. The van der Waals surface area contributed by atoms with Crippen LogP contribution in [0.1, 0.15) is 23.7 Å². The third kappa shape index (κ3) is 5.48. The predicted molar refractivity (Wildman–Crippen MR) is 99.4 cm³/mol. The van der Waals surface area contributed by atoms with Crippen molar-refractivity contribution in [1.82, 2.24) is 5.43 Å². The van der Waals surface area contributed by atoms with Crippen molar-refractivity contribution in [2.24, 2.45) is 5.10 Å². The number of rotatable bonds is 5. The Labute approximate surface area is 148 Å². The van der Waals surface area contributed by atoms with Crippen LogP contribution in [-0.4, -0.2) is 17.5 Å². The smallest absolute Gasteiger partial charge is 0.272 e. The molecular weight excluding hydrogens is 405 g/mol. The average Bonchev–Trinajstić information content (AvgIpc) is 2.54. The molecule has 23 heavy (non-hydrogen) atoms. The van der Waals surface area contributed by atoms with E-state index in [2.05, 4.69) is 38.4 Å². The maximum Gasteiger partial charge on any atom is 0.272 e. The number of benzene rings is 2. The van der Waals surface area contributed by atoms with Crippen LogP contribution >= 0.6 is 22.6 Å². The number of amides is 2. The lowest BCUT2D eigenvalue weighted by atomic mass is 10.2. The van der Waals surface area contributed by atoms with E-state index in [1.807, 2.05) is 42.5 Å². The van der Waals surface area contributed by atoms with Gasteiger partial charge in [-0.2, -0.15) is 5.10 Å². The van der Waals surface area contributed by atoms with E-state index >= 15 is 0 Å². The number of para-hydroxylation sites is 1. The monoisotopic (exact) mass is 421 g/mol. The van der Waals surface area contributed by atoms with Crippen LogP contribution in [0, 0.1) is 3.57 Å². The zero-order chi connectivity index (χ0) is 16.7. The van der Waals surface area contributed by atoms with Gasteiger partial charge in [0.05, 0.1) is 12.0 Å². The average molecular weight is 421 g/mol. The molecule has 6 heteroatoms. The largest absolute Gasteiger partial charge is 0.326 e.